The van der Waals surface area contributed by atoms with Gasteiger partial charge in [0.15, 0.2) is 0 Å². The fraction of sp³-hybridized carbons (Fsp3) is 0.636. The number of aryl methyl sites for hydroxylation is 1. The lowest BCUT2D eigenvalue weighted by molar-refractivity contribution is 0.147. The van der Waals surface area contributed by atoms with Crippen LogP contribution in [0.5, 0.6) is 5.88 Å². The van der Waals surface area contributed by atoms with Crippen LogP contribution in [0, 0.1) is 6.92 Å². The molecule has 2 rings (SSSR count). The predicted octanol–water partition coefficient (Wildman–Crippen LogP) is 2.08. The Morgan fingerprint density at radius 2 is 2.07 bits per heavy atom. The van der Waals surface area contributed by atoms with Gasteiger partial charge in [0.25, 0.3) is 0 Å². The number of nitrogens with two attached hydrogens (primary N) is 1. The van der Waals surface area contributed by atoms with Crippen LogP contribution in [0.4, 0.5) is 5.95 Å². The third kappa shape index (κ3) is 2.58. The average Bonchev–Trinajstić information content (AvgIpc) is 2.25. The molecule has 1 aromatic rings. The van der Waals surface area contributed by atoms with Gasteiger partial charge in [-0.05, 0) is 32.6 Å². The van der Waals surface area contributed by atoms with E-state index in [1.165, 1.54) is 19.3 Å². The van der Waals surface area contributed by atoms with E-state index in [2.05, 4.69) is 9.97 Å². The number of ether oxygens (including phenoxy) is 1. The van der Waals surface area contributed by atoms with E-state index in [0.29, 0.717) is 12.0 Å². The molecule has 0 amide bonds. The van der Waals surface area contributed by atoms with Crippen molar-refractivity contribution in [1.82, 2.24) is 9.97 Å². The first-order valence-electron chi connectivity index (χ1n) is 5.51. The third-order valence-electron chi connectivity index (χ3n) is 2.77. The van der Waals surface area contributed by atoms with Crippen molar-refractivity contribution in [3.63, 3.8) is 0 Å². The summed E-state index contributed by atoms with van der Waals surface area (Å²) < 4.78 is 5.84. The van der Waals surface area contributed by atoms with E-state index >= 15 is 0 Å². The number of anilines is 1. The first kappa shape index (κ1) is 10.2. The lowest BCUT2D eigenvalue weighted by Gasteiger charge is -2.22. The Balaban J connectivity index is 2.05. The zero-order chi connectivity index (χ0) is 10.7. The highest BCUT2D eigenvalue weighted by molar-refractivity contribution is 5.28. The van der Waals surface area contributed by atoms with Crippen LogP contribution < -0.4 is 10.5 Å². The van der Waals surface area contributed by atoms with Crippen LogP contribution >= 0.6 is 0 Å². The van der Waals surface area contributed by atoms with Gasteiger partial charge in [0.2, 0.25) is 11.8 Å². The molecule has 1 heterocycles. The van der Waals surface area contributed by atoms with Crippen molar-refractivity contribution in [1.29, 1.82) is 0 Å². The Kier molecular flexibility index (Phi) is 3.04. The second-order valence-corrected chi connectivity index (χ2v) is 4.09. The van der Waals surface area contributed by atoms with Gasteiger partial charge < -0.3 is 10.5 Å². The molecule has 1 aliphatic carbocycles. The van der Waals surface area contributed by atoms with Crippen LogP contribution in [0.2, 0.25) is 0 Å². The number of rotatable bonds is 2. The predicted molar refractivity (Wildman–Crippen MR) is 58.7 cm³/mol. The monoisotopic (exact) mass is 207 g/mol. The van der Waals surface area contributed by atoms with Crippen LogP contribution in [-0.2, 0) is 0 Å². The van der Waals surface area contributed by atoms with E-state index < -0.39 is 0 Å². The SMILES string of the molecule is Cc1cnc(N)nc1OC1CCCCC1. The molecule has 0 radical (unpaired) electrons. The number of hydrogen-bond donors (Lipinski definition) is 1. The summed E-state index contributed by atoms with van der Waals surface area (Å²) in [5, 5.41) is 0. The van der Waals surface area contributed by atoms with Gasteiger partial charge in [0, 0.05) is 11.8 Å². The summed E-state index contributed by atoms with van der Waals surface area (Å²) in [5.74, 6) is 0.931. The van der Waals surface area contributed by atoms with Crippen molar-refractivity contribution in [2.75, 3.05) is 5.73 Å². The lowest BCUT2D eigenvalue weighted by atomic mass is 9.98. The quantitative estimate of drug-likeness (QED) is 0.806. The first-order chi connectivity index (χ1) is 7.25. The van der Waals surface area contributed by atoms with Gasteiger partial charge in [0.05, 0.1) is 0 Å². The van der Waals surface area contributed by atoms with Crippen LogP contribution in [0.15, 0.2) is 6.20 Å². The highest BCUT2D eigenvalue weighted by Crippen LogP contribution is 2.24. The number of nitrogen functional groups attached to an aromatic ring is 1. The maximum Gasteiger partial charge on any atom is 0.223 e. The molecule has 2 N–H and O–H groups in total. The van der Waals surface area contributed by atoms with Gasteiger partial charge in [-0.3, -0.25) is 0 Å². The maximum absolute atomic E-state index is 5.84. The molecule has 0 aliphatic heterocycles. The average molecular weight is 207 g/mol. The standard InChI is InChI=1S/C11H17N3O/c1-8-7-13-11(12)14-10(8)15-9-5-3-2-4-6-9/h7,9H,2-6H2,1H3,(H2,12,13,14). The van der Waals surface area contributed by atoms with Gasteiger partial charge in [-0.15, -0.1) is 0 Å². The van der Waals surface area contributed by atoms with E-state index in [-0.39, 0.29) is 5.95 Å². The summed E-state index contributed by atoms with van der Waals surface area (Å²) in [7, 11) is 0. The zero-order valence-corrected chi connectivity index (χ0v) is 9.07. The van der Waals surface area contributed by atoms with Crippen LogP contribution in [-0.4, -0.2) is 16.1 Å². The molecule has 1 aromatic heterocycles. The van der Waals surface area contributed by atoms with Crippen LogP contribution in [0.1, 0.15) is 37.7 Å². The lowest BCUT2D eigenvalue weighted by Crippen LogP contribution is -2.21. The van der Waals surface area contributed by atoms with E-state index in [1.54, 1.807) is 6.20 Å². The van der Waals surface area contributed by atoms with E-state index in [0.717, 1.165) is 18.4 Å². The smallest absolute Gasteiger partial charge is 0.223 e. The summed E-state index contributed by atoms with van der Waals surface area (Å²) in [6.07, 6.45) is 8.11. The van der Waals surface area contributed by atoms with Gasteiger partial charge in [-0.2, -0.15) is 4.98 Å². The summed E-state index contributed by atoms with van der Waals surface area (Å²) in [5.41, 5.74) is 6.48. The molecule has 0 unspecified atom stereocenters. The highest BCUT2D eigenvalue weighted by atomic mass is 16.5. The van der Waals surface area contributed by atoms with Crippen molar-refractivity contribution in [3.8, 4) is 5.88 Å². The molecule has 1 fully saturated rings. The van der Waals surface area contributed by atoms with E-state index in [1.807, 2.05) is 6.92 Å². The normalized spacial score (nSPS) is 17.7. The van der Waals surface area contributed by atoms with Crippen molar-refractivity contribution in [2.45, 2.75) is 45.1 Å². The molecule has 15 heavy (non-hydrogen) atoms. The third-order valence-corrected chi connectivity index (χ3v) is 2.77. The molecule has 0 atom stereocenters. The molecule has 0 spiro atoms. The minimum absolute atomic E-state index is 0.284. The molecular weight excluding hydrogens is 190 g/mol. The zero-order valence-electron chi connectivity index (χ0n) is 9.07. The molecule has 1 saturated carbocycles. The highest BCUT2D eigenvalue weighted by Gasteiger charge is 2.16. The number of nitrogens with zero attached hydrogens (tertiary/aromatic N) is 2. The number of aromatic nitrogens is 2. The number of hydrogen-bond acceptors (Lipinski definition) is 4. The Hall–Kier alpha value is -1.32. The topological polar surface area (TPSA) is 61.0 Å². The second-order valence-electron chi connectivity index (χ2n) is 4.09. The molecule has 1 aliphatic rings. The minimum Gasteiger partial charge on any atom is -0.474 e. The fourth-order valence-electron chi connectivity index (χ4n) is 1.90. The molecule has 0 bridgehead atoms. The van der Waals surface area contributed by atoms with Crippen LogP contribution in [0.3, 0.4) is 0 Å². The molecular formula is C11H17N3O. The van der Waals surface area contributed by atoms with E-state index in [4.69, 9.17) is 10.5 Å². The minimum atomic E-state index is 0.284. The van der Waals surface area contributed by atoms with Crippen molar-refractivity contribution in [2.24, 2.45) is 0 Å². The Morgan fingerprint density at radius 1 is 1.33 bits per heavy atom. The van der Waals surface area contributed by atoms with E-state index in [9.17, 15) is 0 Å². The molecule has 82 valence electrons. The van der Waals surface area contributed by atoms with Gasteiger partial charge in [-0.25, -0.2) is 4.98 Å². The summed E-state index contributed by atoms with van der Waals surface area (Å²) in [6.45, 7) is 1.94. The summed E-state index contributed by atoms with van der Waals surface area (Å²) in [6, 6.07) is 0. The molecule has 0 saturated heterocycles. The van der Waals surface area contributed by atoms with Crippen LogP contribution in [0.25, 0.3) is 0 Å². The molecule has 0 aromatic carbocycles. The Labute approximate surface area is 89.9 Å². The van der Waals surface area contributed by atoms with Gasteiger partial charge in [-0.1, -0.05) is 6.42 Å². The Bertz CT molecular complexity index is 335. The Morgan fingerprint density at radius 3 is 2.80 bits per heavy atom. The van der Waals surface area contributed by atoms with Crippen molar-refractivity contribution < 1.29 is 4.74 Å². The summed E-state index contributed by atoms with van der Waals surface area (Å²) in [4.78, 5) is 8.03. The second kappa shape index (κ2) is 4.47. The fourth-order valence-corrected chi connectivity index (χ4v) is 1.90. The van der Waals surface area contributed by atoms with Crippen molar-refractivity contribution in [3.05, 3.63) is 11.8 Å². The summed E-state index contributed by atoms with van der Waals surface area (Å²) >= 11 is 0. The first-order valence-corrected chi connectivity index (χ1v) is 5.51. The molecule has 4 nitrogen and oxygen atoms in total. The van der Waals surface area contributed by atoms with Crippen molar-refractivity contribution >= 4 is 5.95 Å². The molecule has 4 heteroatoms. The van der Waals surface area contributed by atoms with Gasteiger partial charge in [0.1, 0.15) is 6.10 Å². The van der Waals surface area contributed by atoms with Gasteiger partial charge >= 0.3 is 0 Å². The maximum atomic E-state index is 5.84. The largest absolute Gasteiger partial charge is 0.474 e.